The van der Waals surface area contributed by atoms with Crippen molar-refractivity contribution in [3.05, 3.63) is 0 Å². The number of piperidine rings is 1. The molecular weight excluding hydrogens is 126 g/mol. The van der Waals surface area contributed by atoms with Gasteiger partial charge in [-0.2, -0.15) is 0 Å². The SMILES string of the molecule is CC(C)N1C[C@@H]2C(O)[C@@H]2C1. The minimum Gasteiger partial charge on any atom is -0.392 e. The summed E-state index contributed by atoms with van der Waals surface area (Å²) in [5.74, 6) is 1.25. The minimum atomic E-state index is 0.0509. The zero-order valence-electron chi connectivity index (χ0n) is 6.62. The van der Waals surface area contributed by atoms with Gasteiger partial charge in [-0.25, -0.2) is 0 Å². The topological polar surface area (TPSA) is 23.5 Å². The van der Waals surface area contributed by atoms with Crippen molar-refractivity contribution in [2.24, 2.45) is 11.8 Å². The number of aliphatic hydroxyl groups is 1. The molecule has 10 heavy (non-hydrogen) atoms. The zero-order valence-corrected chi connectivity index (χ0v) is 6.62. The summed E-state index contributed by atoms with van der Waals surface area (Å²) in [5.41, 5.74) is 0. The summed E-state index contributed by atoms with van der Waals surface area (Å²) >= 11 is 0. The van der Waals surface area contributed by atoms with Crippen LogP contribution in [0, 0.1) is 11.8 Å². The van der Waals surface area contributed by atoms with Crippen LogP contribution in [-0.2, 0) is 0 Å². The Balaban J connectivity index is 1.89. The first-order valence-corrected chi connectivity index (χ1v) is 4.12. The number of aliphatic hydroxyl groups excluding tert-OH is 1. The molecule has 1 aliphatic heterocycles. The van der Waals surface area contributed by atoms with Crippen molar-refractivity contribution in [1.82, 2.24) is 4.90 Å². The lowest BCUT2D eigenvalue weighted by Gasteiger charge is -2.22. The Kier molecular flexibility index (Phi) is 1.29. The van der Waals surface area contributed by atoms with Crippen molar-refractivity contribution in [3.63, 3.8) is 0 Å². The molecule has 58 valence electrons. The lowest BCUT2D eigenvalue weighted by Crippen LogP contribution is -2.31. The molecule has 1 saturated heterocycles. The molecule has 2 heteroatoms. The molecule has 0 amide bonds. The molecule has 2 nitrogen and oxygen atoms in total. The molecule has 2 rings (SSSR count). The predicted octanol–water partition coefficient (Wildman–Crippen LogP) is 0.317. The van der Waals surface area contributed by atoms with E-state index in [4.69, 9.17) is 0 Å². The number of hydrogen-bond acceptors (Lipinski definition) is 2. The van der Waals surface area contributed by atoms with Gasteiger partial charge in [0.2, 0.25) is 0 Å². The first-order chi connectivity index (χ1) is 4.70. The summed E-state index contributed by atoms with van der Waals surface area (Å²) in [6.07, 6.45) is 0.0509. The van der Waals surface area contributed by atoms with E-state index < -0.39 is 0 Å². The van der Waals surface area contributed by atoms with Crippen molar-refractivity contribution in [1.29, 1.82) is 0 Å². The number of rotatable bonds is 1. The Bertz CT molecular complexity index is 134. The van der Waals surface area contributed by atoms with E-state index in [0.29, 0.717) is 17.9 Å². The molecule has 2 aliphatic rings. The van der Waals surface area contributed by atoms with E-state index in [1.165, 1.54) is 0 Å². The maximum absolute atomic E-state index is 9.22. The van der Waals surface area contributed by atoms with Gasteiger partial charge in [-0.3, -0.25) is 0 Å². The largest absolute Gasteiger partial charge is 0.392 e. The van der Waals surface area contributed by atoms with E-state index in [-0.39, 0.29) is 6.10 Å². The Morgan fingerprint density at radius 1 is 1.30 bits per heavy atom. The zero-order chi connectivity index (χ0) is 7.30. The van der Waals surface area contributed by atoms with Crippen LogP contribution in [0.25, 0.3) is 0 Å². The average molecular weight is 141 g/mol. The Morgan fingerprint density at radius 2 is 1.80 bits per heavy atom. The summed E-state index contributed by atoms with van der Waals surface area (Å²) in [4.78, 5) is 2.45. The van der Waals surface area contributed by atoms with Crippen molar-refractivity contribution in [2.75, 3.05) is 13.1 Å². The fourth-order valence-electron chi connectivity index (χ4n) is 1.95. The fraction of sp³-hybridized carbons (Fsp3) is 1.00. The van der Waals surface area contributed by atoms with Gasteiger partial charge >= 0.3 is 0 Å². The third-order valence-electron chi connectivity index (χ3n) is 2.91. The van der Waals surface area contributed by atoms with Gasteiger partial charge in [0.1, 0.15) is 0 Å². The Labute approximate surface area is 61.8 Å². The lowest BCUT2D eigenvalue weighted by atomic mass is 10.3. The molecule has 0 bridgehead atoms. The van der Waals surface area contributed by atoms with E-state index >= 15 is 0 Å². The van der Waals surface area contributed by atoms with Gasteiger partial charge in [0.25, 0.3) is 0 Å². The summed E-state index contributed by atoms with van der Waals surface area (Å²) in [7, 11) is 0. The molecule has 1 unspecified atom stereocenters. The monoisotopic (exact) mass is 141 g/mol. The van der Waals surface area contributed by atoms with Crippen molar-refractivity contribution in [2.45, 2.75) is 26.0 Å². The molecular formula is C8H15NO. The molecule has 0 aromatic rings. The highest BCUT2D eigenvalue weighted by molar-refractivity contribution is 5.06. The van der Waals surface area contributed by atoms with Crippen LogP contribution in [0.3, 0.4) is 0 Å². The van der Waals surface area contributed by atoms with Crippen LogP contribution >= 0.6 is 0 Å². The second kappa shape index (κ2) is 1.95. The molecule has 1 N–H and O–H groups in total. The summed E-state index contributed by atoms with van der Waals surface area (Å²) in [6, 6.07) is 0.667. The van der Waals surface area contributed by atoms with E-state index in [1.54, 1.807) is 0 Å². The fourth-order valence-corrected chi connectivity index (χ4v) is 1.95. The number of hydrogen-bond donors (Lipinski definition) is 1. The van der Waals surface area contributed by atoms with E-state index in [2.05, 4.69) is 18.7 Å². The molecule has 1 aliphatic carbocycles. The van der Waals surface area contributed by atoms with Gasteiger partial charge in [-0.15, -0.1) is 0 Å². The second-order valence-corrected chi connectivity index (χ2v) is 3.87. The second-order valence-electron chi connectivity index (χ2n) is 3.87. The number of fused-ring (bicyclic) bond motifs is 1. The normalized spacial score (nSPS) is 46.2. The first kappa shape index (κ1) is 6.62. The quantitative estimate of drug-likeness (QED) is 0.568. The highest BCUT2D eigenvalue weighted by Crippen LogP contribution is 2.45. The molecule has 1 saturated carbocycles. The van der Waals surface area contributed by atoms with Crippen LogP contribution < -0.4 is 0 Å². The van der Waals surface area contributed by atoms with Crippen molar-refractivity contribution >= 4 is 0 Å². The van der Waals surface area contributed by atoms with Crippen LogP contribution in [0.1, 0.15) is 13.8 Å². The van der Waals surface area contributed by atoms with Crippen molar-refractivity contribution in [3.8, 4) is 0 Å². The molecule has 2 fully saturated rings. The summed E-state index contributed by atoms with van der Waals surface area (Å²) < 4.78 is 0. The minimum absolute atomic E-state index is 0.0509. The summed E-state index contributed by atoms with van der Waals surface area (Å²) in [6.45, 7) is 6.70. The average Bonchev–Trinajstić information content (AvgIpc) is 2.38. The molecule has 1 heterocycles. The standard InChI is InChI=1S/C8H15NO/c1-5(2)9-3-6-7(4-9)8(6)10/h5-8,10H,3-4H2,1-2H3/t6-,7+,8?. The van der Waals surface area contributed by atoms with Crippen LogP contribution in [-0.4, -0.2) is 35.2 Å². The highest BCUT2D eigenvalue weighted by Gasteiger charge is 2.55. The van der Waals surface area contributed by atoms with Gasteiger partial charge in [-0.1, -0.05) is 0 Å². The van der Waals surface area contributed by atoms with Gasteiger partial charge in [0.15, 0.2) is 0 Å². The van der Waals surface area contributed by atoms with Crippen molar-refractivity contribution < 1.29 is 5.11 Å². The Morgan fingerprint density at radius 3 is 2.20 bits per heavy atom. The van der Waals surface area contributed by atoms with E-state index in [1.807, 2.05) is 0 Å². The van der Waals surface area contributed by atoms with E-state index in [9.17, 15) is 5.11 Å². The van der Waals surface area contributed by atoms with Crippen LogP contribution in [0.2, 0.25) is 0 Å². The van der Waals surface area contributed by atoms with Gasteiger partial charge < -0.3 is 10.0 Å². The molecule has 0 aromatic carbocycles. The van der Waals surface area contributed by atoms with E-state index in [0.717, 1.165) is 13.1 Å². The highest BCUT2D eigenvalue weighted by atomic mass is 16.3. The maximum Gasteiger partial charge on any atom is 0.0629 e. The lowest BCUT2D eigenvalue weighted by molar-refractivity contribution is 0.168. The third-order valence-corrected chi connectivity index (χ3v) is 2.91. The molecule has 3 atom stereocenters. The maximum atomic E-state index is 9.22. The molecule has 0 radical (unpaired) electrons. The van der Waals surface area contributed by atoms with Crippen LogP contribution in [0.15, 0.2) is 0 Å². The molecule has 0 spiro atoms. The predicted molar refractivity (Wildman–Crippen MR) is 39.7 cm³/mol. The van der Waals surface area contributed by atoms with Gasteiger partial charge in [0.05, 0.1) is 6.10 Å². The third kappa shape index (κ3) is 0.789. The molecule has 0 aromatic heterocycles. The number of nitrogens with zero attached hydrogens (tertiary/aromatic N) is 1. The smallest absolute Gasteiger partial charge is 0.0629 e. The van der Waals surface area contributed by atoms with Crippen LogP contribution in [0.5, 0.6) is 0 Å². The number of likely N-dealkylation sites (tertiary alicyclic amines) is 1. The van der Waals surface area contributed by atoms with Gasteiger partial charge in [0, 0.05) is 31.0 Å². The summed E-state index contributed by atoms with van der Waals surface area (Å²) in [5, 5.41) is 9.22. The Hall–Kier alpha value is -0.0800. The van der Waals surface area contributed by atoms with Gasteiger partial charge in [-0.05, 0) is 13.8 Å². The first-order valence-electron chi connectivity index (χ1n) is 4.12. The van der Waals surface area contributed by atoms with Crippen LogP contribution in [0.4, 0.5) is 0 Å².